The highest BCUT2D eigenvalue weighted by molar-refractivity contribution is 7.58. The van der Waals surface area contributed by atoms with E-state index in [-0.39, 0.29) is 12.6 Å². The summed E-state index contributed by atoms with van der Waals surface area (Å²) in [7, 11) is -2.81. The van der Waals surface area contributed by atoms with Crippen molar-refractivity contribution in [3.63, 3.8) is 0 Å². The molecular weight excluding hydrogens is 259 g/mol. The van der Waals surface area contributed by atoms with Crippen LogP contribution in [0, 0.1) is 0 Å². The minimum Gasteiger partial charge on any atom is -0.480 e. The maximum Gasteiger partial charge on any atom is 0.326 e. The molecule has 0 aromatic rings. The lowest BCUT2D eigenvalue weighted by molar-refractivity contribution is -0.139. The summed E-state index contributed by atoms with van der Waals surface area (Å²) in [6, 6.07) is -2.05. The van der Waals surface area contributed by atoms with Gasteiger partial charge in [-0.05, 0) is 12.8 Å². The van der Waals surface area contributed by atoms with Gasteiger partial charge in [0, 0.05) is 12.8 Å². The van der Waals surface area contributed by atoms with Crippen molar-refractivity contribution in [2.45, 2.75) is 32.2 Å². The Labute approximate surface area is 107 Å². The van der Waals surface area contributed by atoms with Crippen LogP contribution in [-0.2, 0) is 13.9 Å². The zero-order valence-corrected chi connectivity index (χ0v) is 11.6. The summed E-state index contributed by atoms with van der Waals surface area (Å²) in [5, 5.41) is 10.9. The van der Waals surface area contributed by atoms with Gasteiger partial charge in [-0.2, -0.15) is 0 Å². The van der Waals surface area contributed by atoms with Crippen LogP contribution in [0.15, 0.2) is 0 Å². The van der Waals surface area contributed by atoms with Gasteiger partial charge < -0.3 is 20.7 Å². The molecule has 0 aromatic carbocycles. The van der Waals surface area contributed by atoms with Crippen molar-refractivity contribution in [1.29, 1.82) is 0 Å². The van der Waals surface area contributed by atoms with E-state index in [0.717, 1.165) is 12.8 Å². The summed E-state index contributed by atoms with van der Waals surface area (Å²) in [6.07, 6.45) is 1.85. The van der Waals surface area contributed by atoms with Gasteiger partial charge in [-0.25, -0.2) is 9.59 Å². The van der Waals surface area contributed by atoms with Crippen LogP contribution >= 0.6 is 7.37 Å². The highest BCUT2D eigenvalue weighted by Crippen LogP contribution is 2.43. The Bertz CT molecular complexity index is 334. The maximum absolute atomic E-state index is 11.9. The lowest BCUT2D eigenvalue weighted by Gasteiger charge is -2.17. The first-order valence-corrected chi connectivity index (χ1v) is 8.04. The van der Waals surface area contributed by atoms with Gasteiger partial charge in [0.05, 0.1) is 6.61 Å². The topological polar surface area (TPSA) is 119 Å². The second-order valence-electron chi connectivity index (χ2n) is 4.11. The molecule has 0 heterocycles. The van der Waals surface area contributed by atoms with E-state index in [0.29, 0.717) is 6.61 Å². The van der Waals surface area contributed by atoms with Crippen LogP contribution in [0.4, 0.5) is 4.79 Å². The smallest absolute Gasteiger partial charge is 0.326 e. The van der Waals surface area contributed by atoms with Crippen LogP contribution in [0.25, 0.3) is 0 Å². The molecule has 0 saturated heterocycles. The third-order valence-corrected chi connectivity index (χ3v) is 4.10. The number of hydrogen-bond acceptors (Lipinski definition) is 4. The number of carbonyl (C=O) groups excluding carboxylic acids is 1. The van der Waals surface area contributed by atoms with Crippen LogP contribution in [-0.4, -0.2) is 42.6 Å². The Hall–Kier alpha value is -1.07. The second-order valence-corrected chi connectivity index (χ2v) is 6.85. The SMILES string of the molecule is CCCCOP(C)(=O)CC[C@@H](NC(N)=O)C(=O)O. The van der Waals surface area contributed by atoms with Gasteiger partial charge in [-0.1, -0.05) is 13.3 Å². The molecule has 0 aliphatic heterocycles. The van der Waals surface area contributed by atoms with E-state index in [4.69, 9.17) is 15.4 Å². The Balaban J connectivity index is 4.20. The Morgan fingerprint density at radius 1 is 1.50 bits per heavy atom. The normalized spacial score (nSPS) is 15.7. The average molecular weight is 280 g/mol. The molecule has 8 heteroatoms. The summed E-state index contributed by atoms with van der Waals surface area (Å²) in [5.74, 6) is -1.21. The molecule has 0 spiro atoms. The van der Waals surface area contributed by atoms with Crippen LogP contribution in [0.2, 0.25) is 0 Å². The molecule has 0 radical (unpaired) electrons. The number of nitrogens with one attached hydrogen (secondary N) is 1. The van der Waals surface area contributed by atoms with Crippen molar-refractivity contribution in [2.75, 3.05) is 19.4 Å². The fraction of sp³-hybridized carbons (Fsp3) is 0.800. The van der Waals surface area contributed by atoms with Gasteiger partial charge in [-0.15, -0.1) is 0 Å². The van der Waals surface area contributed by atoms with Crippen molar-refractivity contribution in [1.82, 2.24) is 5.32 Å². The molecule has 1 unspecified atom stereocenters. The van der Waals surface area contributed by atoms with E-state index in [2.05, 4.69) is 5.32 Å². The number of carboxylic acids is 1. The lowest BCUT2D eigenvalue weighted by Crippen LogP contribution is -2.44. The fourth-order valence-corrected chi connectivity index (χ4v) is 2.63. The van der Waals surface area contributed by atoms with Gasteiger partial charge in [-0.3, -0.25) is 4.57 Å². The van der Waals surface area contributed by atoms with Gasteiger partial charge in [0.2, 0.25) is 0 Å². The number of hydrogen-bond donors (Lipinski definition) is 3. The van der Waals surface area contributed by atoms with Crippen LogP contribution < -0.4 is 11.1 Å². The van der Waals surface area contributed by atoms with E-state index in [1.165, 1.54) is 6.66 Å². The lowest BCUT2D eigenvalue weighted by atomic mass is 10.2. The highest BCUT2D eigenvalue weighted by atomic mass is 31.2. The molecule has 2 atom stereocenters. The monoisotopic (exact) mass is 280 g/mol. The standard InChI is InChI=1S/C10H21N2O5P/c1-3-4-6-17-18(2,16)7-5-8(9(13)14)12-10(11)15/h8H,3-7H2,1-2H3,(H,13,14)(H3,11,12,15)/t8-,18?/m1/s1. The second kappa shape index (κ2) is 8.11. The van der Waals surface area contributed by atoms with Crippen LogP contribution in [0.1, 0.15) is 26.2 Å². The van der Waals surface area contributed by atoms with E-state index in [9.17, 15) is 14.2 Å². The van der Waals surface area contributed by atoms with Gasteiger partial charge in [0.25, 0.3) is 0 Å². The minimum atomic E-state index is -2.81. The van der Waals surface area contributed by atoms with Crippen molar-refractivity contribution in [3.05, 3.63) is 0 Å². The molecule has 106 valence electrons. The summed E-state index contributed by atoms with van der Waals surface area (Å²) < 4.78 is 17.2. The quantitative estimate of drug-likeness (QED) is 0.433. The van der Waals surface area contributed by atoms with E-state index in [1.807, 2.05) is 6.92 Å². The third kappa shape index (κ3) is 8.08. The predicted octanol–water partition coefficient (Wildman–Crippen LogP) is 1.22. The summed E-state index contributed by atoms with van der Waals surface area (Å²) in [6.45, 7) is 3.85. The van der Waals surface area contributed by atoms with Crippen molar-refractivity contribution >= 4 is 19.4 Å². The summed E-state index contributed by atoms with van der Waals surface area (Å²) >= 11 is 0. The molecule has 0 saturated carbocycles. The van der Waals surface area contributed by atoms with Crippen LogP contribution in [0.5, 0.6) is 0 Å². The number of aliphatic carboxylic acids is 1. The Kier molecular flexibility index (Phi) is 7.62. The summed E-state index contributed by atoms with van der Waals surface area (Å²) in [5.41, 5.74) is 4.86. The number of primary amides is 1. The van der Waals surface area contributed by atoms with Gasteiger partial charge >= 0.3 is 12.0 Å². The zero-order valence-electron chi connectivity index (χ0n) is 10.7. The maximum atomic E-state index is 11.9. The number of carboxylic acid groups (broad SMARTS) is 1. The number of urea groups is 1. The highest BCUT2D eigenvalue weighted by Gasteiger charge is 2.24. The molecule has 2 amide bonds. The number of amides is 2. The van der Waals surface area contributed by atoms with E-state index < -0.39 is 25.4 Å². The van der Waals surface area contributed by atoms with Crippen molar-refractivity contribution < 1.29 is 23.8 Å². The summed E-state index contributed by atoms with van der Waals surface area (Å²) in [4.78, 5) is 21.4. The molecular formula is C10H21N2O5P. The largest absolute Gasteiger partial charge is 0.480 e. The molecule has 0 aromatic heterocycles. The van der Waals surface area contributed by atoms with Crippen LogP contribution in [0.3, 0.4) is 0 Å². The van der Waals surface area contributed by atoms with E-state index >= 15 is 0 Å². The molecule has 4 N–H and O–H groups in total. The van der Waals surface area contributed by atoms with Gasteiger partial charge in [0.15, 0.2) is 7.37 Å². The molecule has 0 bridgehead atoms. The first-order chi connectivity index (χ1) is 8.28. The molecule has 0 fully saturated rings. The number of nitrogens with two attached hydrogens (primary N) is 1. The first-order valence-electron chi connectivity index (χ1n) is 5.78. The van der Waals surface area contributed by atoms with Crippen molar-refractivity contribution in [2.24, 2.45) is 5.73 Å². The number of unbranched alkanes of at least 4 members (excludes halogenated alkanes) is 1. The zero-order chi connectivity index (χ0) is 14.2. The van der Waals surface area contributed by atoms with Gasteiger partial charge in [0.1, 0.15) is 6.04 Å². The van der Waals surface area contributed by atoms with Crippen molar-refractivity contribution in [3.8, 4) is 0 Å². The Morgan fingerprint density at radius 2 is 2.11 bits per heavy atom. The fourth-order valence-electron chi connectivity index (χ4n) is 1.26. The predicted molar refractivity (Wildman–Crippen MR) is 68.0 cm³/mol. The first kappa shape index (κ1) is 16.9. The van der Waals surface area contributed by atoms with E-state index in [1.54, 1.807) is 0 Å². The molecule has 18 heavy (non-hydrogen) atoms. The molecule has 7 nitrogen and oxygen atoms in total. The number of carbonyl (C=O) groups is 2. The Morgan fingerprint density at radius 3 is 2.56 bits per heavy atom. The molecule has 0 aliphatic rings. The average Bonchev–Trinajstić information content (AvgIpc) is 2.23. The molecule has 0 rings (SSSR count). The minimum absolute atomic E-state index is 0.0260. The number of rotatable bonds is 9. The molecule has 0 aliphatic carbocycles. The third-order valence-electron chi connectivity index (χ3n) is 2.30.